The van der Waals surface area contributed by atoms with Gasteiger partial charge in [0, 0.05) is 5.25 Å². The Kier molecular flexibility index (Phi) is 6.37. The first-order valence-electron chi connectivity index (χ1n) is 5.90. The van der Waals surface area contributed by atoms with Gasteiger partial charge >= 0.3 is 0 Å². The third-order valence-corrected chi connectivity index (χ3v) is 3.72. The van der Waals surface area contributed by atoms with Gasteiger partial charge in [-0.15, -0.1) is 11.8 Å². The summed E-state index contributed by atoms with van der Waals surface area (Å²) in [5, 5.41) is 9.30. The number of thiocarbonyl (C=S) groups is 1. The molecule has 1 N–H and O–H groups in total. The highest BCUT2D eigenvalue weighted by atomic mass is 32.2. The normalized spacial score (nSPS) is 21.3. The number of hydrogen-bond donors (Lipinski definition) is 1. The Bertz CT molecular complexity index is 247. The highest BCUT2D eigenvalue weighted by Crippen LogP contribution is 2.29. The third-order valence-electron chi connectivity index (χ3n) is 2.28. The quantitative estimate of drug-likeness (QED) is 0.571. The van der Waals surface area contributed by atoms with Crippen LogP contribution in [-0.2, 0) is 9.47 Å². The van der Waals surface area contributed by atoms with Crippen LogP contribution in [-0.4, -0.2) is 47.1 Å². The van der Waals surface area contributed by atoms with E-state index in [1.165, 1.54) is 0 Å². The maximum absolute atomic E-state index is 8.98. The van der Waals surface area contributed by atoms with E-state index in [0.717, 1.165) is 13.0 Å². The van der Waals surface area contributed by atoms with Crippen LogP contribution >= 0.6 is 24.0 Å². The highest BCUT2D eigenvalue weighted by Gasteiger charge is 2.25. The maximum atomic E-state index is 8.98. The van der Waals surface area contributed by atoms with Crippen molar-refractivity contribution >= 4 is 28.2 Å². The van der Waals surface area contributed by atoms with Gasteiger partial charge < -0.3 is 14.6 Å². The smallest absolute Gasteiger partial charge is 0.104 e. The molecule has 1 saturated heterocycles. The van der Waals surface area contributed by atoms with Gasteiger partial charge in [-0.1, -0.05) is 33.0 Å². The summed E-state index contributed by atoms with van der Waals surface area (Å²) in [5.74, 6) is 0. The van der Waals surface area contributed by atoms with E-state index < -0.39 is 0 Å². The Morgan fingerprint density at radius 1 is 1.59 bits per heavy atom. The molecule has 0 aliphatic carbocycles. The molecule has 0 radical (unpaired) electrons. The van der Waals surface area contributed by atoms with Crippen LogP contribution in [0, 0.1) is 5.41 Å². The molecule has 1 aliphatic heterocycles. The van der Waals surface area contributed by atoms with Crippen LogP contribution < -0.4 is 0 Å². The second-order valence-electron chi connectivity index (χ2n) is 5.53. The Labute approximate surface area is 113 Å². The minimum absolute atomic E-state index is 0.0353. The van der Waals surface area contributed by atoms with E-state index in [2.05, 4.69) is 20.8 Å². The highest BCUT2D eigenvalue weighted by molar-refractivity contribution is 8.23. The van der Waals surface area contributed by atoms with E-state index in [1.54, 1.807) is 11.8 Å². The van der Waals surface area contributed by atoms with Gasteiger partial charge in [0.25, 0.3) is 0 Å². The summed E-state index contributed by atoms with van der Waals surface area (Å²) < 4.78 is 11.4. The zero-order chi connectivity index (χ0) is 12.9. The van der Waals surface area contributed by atoms with E-state index in [4.69, 9.17) is 26.8 Å². The minimum Gasteiger partial charge on any atom is -0.390 e. The molecule has 17 heavy (non-hydrogen) atoms. The predicted octanol–water partition coefficient (Wildman–Crippen LogP) is 2.26. The molecule has 2 unspecified atom stereocenters. The Hall–Kier alpha value is 0.320. The van der Waals surface area contributed by atoms with Crippen LogP contribution in [0.1, 0.15) is 27.2 Å². The van der Waals surface area contributed by atoms with Gasteiger partial charge in [-0.05, 0) is 11.8 Å². The molecule has 1 aliphatic rings. The molecule has 3 nitrogen and oxygen atoms in total. The van der Waals surface area contributed by atoms with Crippen molar-refractivity contribution in [1.82, 2.24) is 0 Å². The van der Waals surface area contributed by atoms with Crippen molar-refractivity contribution in [2.45, 2.75) is 38.5 Å². The van der Waals surface area contributed by atoms with Gasteiger partial charge in [0.15, 0.2) is 0 Å². The van der Waals surface area contributed by atoms with Crippen molar-refractivity contribution in [3.05, 3.63) is 0 Å². The summed E-state index contributed by atoms with van der Waals surface area (Å²) in [6.07, 6.45) is 1.32. The Morgan fingerprint density at radius 3 is 2.71 bits per heavy atom. The van der Waals surface area contributed by atoms with Crippen molar-refractivity contribution in [2.75, 3.05) is 26.4 Å². The number of thioether (sulfide) groups is 1. The molecule has 0 aromatic heterocycles. The number of ether oxygens (including phenoxy) is 2. The number of rotatable bonds is 7. The van der Waals surface area contributed by atoms with E-state index in [1.807, 2.05) is 0 Å². The lowest BCUT2D eigenvalue weighted by Gasteiger charge is -2.25. The molecule has 5 heteroatoms. The molecule has 100 valence electrons. The summed E-state index contributed by atoms with van der Waals surface area (Å²) in [4.78, 5) is 0. The molecular formula is C12H22O3S2. The molecule has 0 amide bonds. The first-order valence-corrected chi connectivity index (χ1v) is 7.19. The molecule has 1 fully saturated rings. The fourth-order valence-electron chi connectivity index (χ4n) is 1.54. The second-order valence-corrected chi connectivity index (χ2v) is 7.67. The lowest BCUT2D eigenvalue weighted by atomic mass is 9.90. The zero-order valence-corrected chi connectivity index (χ0v) is 12.4. The van der Waals surface area contributed by atoms with Crippen LogP contribution in [0.2, 0.25) is 0 Å². The lowest BCUT2D eigenvalue weighted by Crippen LogP contribution is -2.23. The van der Waals surface area contributed by atoms with Crippen LogP contribution in [0.3, 0.4) is 0 Å². The fraction of sp³-hybridized carbons (Fsp3) is 0.917. The maximum Gasteiger partial charge on any atom is 0.104 e. The molecule has 2 atom stereocenters. The standard InChI is InChI=1S/C12H22O3S2/c1-12(2,3)4-10(17-11(16)5-13)8-14-6-9-7-15-9/h9-10,13H,4-8H2,1-3H3. The van der Waals surface area contributed by atoms with Crippen molar-refractivity contribution in [3.8, 4) is 0 Å². The largest absolute Gasteiger partial charge is 0.390 e. The van der Waals surface area contributed by atoms with E-state index in [9.17, 15) is 0 Å². The van der Waals surface area contributed by atoms with Gasteiger partial charge in [-0.25, -0.2) is 0 Å². The molecule has 1 rings (SSSR count). The van der Waals surface area contributed by atoms with Crippen LogP contribution in [0.4, 0.5) is 0 Å². The first kappa shape index (κ1) is 15.4. The van der Waals surface area contributed by atoms with Crippen molar-refractivity contribution < 1.29 is 14.6 Å². The summed E-state index contributed by atoms with van der Waals surface area (Å²) >= 11 is 6.63. The summed E-state index contributed by atoms with van der Waals surface area (Å²) in [5.41, 5.74) is 0.238. The van der Waals surface area contributed by atoms with Crippen molar-refractivity contribution in [3.63, 3.8) is 0 Å². The first-order chi connectivity index (χ1) is 7.90. The number of hydrogen-bond acceptors (Lipinski definition) is 5. The van der Waals surface area contributed by atoms with Gasteiger partial charge in [0.05, 0.1) is 30.6 Å². The second kappa shape index (κ2) is 7.04. The van der Waals surface area contributed by atoms with Crippen molar-refractivity contribution in [1.29, 1.82) is 0 Å². The molecule has 1 heterocycles. The number of aliphatic hydroxyl groups is 1. The van der Waals surface area contributed by atoms with Gasteiger partial charge in [-0.2, -0.15) is 0 Å². The van der Waals surface area contributed by atoms with Gasteiger partial charge in [0.2, 0.25) is 0 Å². The fourth-order valence-corrected chi connectivity index (χ4v) is 3.14. The number of epoxide rings is 1. The molecule has 0 bridgehead atoms. The van der Waals surface area contributed by atoms with Gasteiger partial charge in [0.1, 0.15) is 6.10 Å². The Morgan fingerprint density at radius 2 is 2.24 bits per heavy atom. The zero-order valence-electron chi connectivity index (χ0n) is 10.8. The van der Waals surface area contributed by atoms with E-state index in [0.29, 0.717) is 28.8 Å². The Balaban J connectivity index is 2.30. The van der Waals surface area contributed by atoms with Gasteiger partial charge in [-0.3, -0.25) is 0 Å². The molecule has 0 aromatic rings. The van der Waals surface area contributed by atoms with Crippen LogP contribution in [0.25, 0.3) is 0 Å². The number of aliphatic hydroxyl groups excluding tert-OH is 1. The average molecular weight is 278 g/mol. The SMILES string of the molecule is CC(C)(C)CC(COCC1CO1)SC(=S)CO. The minimum atomic E-state index is -0.0353. The molecular weight excluding hydrogens is 256 g/mol. The topological polar surface area (TPSA) is 42.0 Å². The summed E-state index contributed by atoms with van der Waals surface area (Å²) in [6.45, 7) is 8.74. The van der Waals surface area contributed by atoms with Crippen LogP contribution in [0.15, 0.2) is 0 Å². The monoisotopic (exact) mass is 278 g/mol. The third kappa shape index (κ3) is 8.11. The predicted molar refractivity (Wildman–Crippen MR) is 75.7 cm³/mol. The molecule has 0 saturated carbocycles. The molecule has 0 aromatic carbocycles. The van der Waals surface area contributed by atoms with Crippen molar-refractivity contribution in [2.24, 2.45) is 5.41 Å². The lowest BCUT2D eigenvalue weighted by molar-refractivity contribution is 0.110. The molecule has 0 spiro atoms. The van der Waals surface area contributed by atoms with E-state index >= 15 is 0 Å². The van der Waals surface area contributed by atoms with Crippen LogP contribution in [0.5, 0.6) is 0 Å². The average Bonchev–Trinajstić information content (AvgIpc) is 2.98. The summed E-state index contributed by atoms with van der Waals surface area (Å²) in [7, 11) is 0. The summed E-state index contributed by atoms with van der Waals surface area (Å²) in [6, 6.07) is 0. The van der Waals surface area contributed by atoms with E-state index in [-0.39, 0.29) is 12.0 Å².